The van der Waals surface area contributed by atoms with Crippen LogP contribution >= 0.6 is 0 Å². The number of amides is 2. The molecule has 0 aliphatic heterocycles. The summed E-state index contributed by atoms with van der Waals surface area (Å²) in [5, 5.41) is 10.6. The summed E-state index contributed by atoms with van der Waals surface area (Å²) < 4.78 is 4.90. The zero-order valence-electron chi connectivity index (χ0n) is 9.03. The summed E-state index contributed by atoms with van der Waals surface area (Å²) in [6.07, 6.45) is -0.935. The summed E-state index contributed by atoms with van der Waals surface area (Å²) in [6, 6.07) is 0.737. The lowest BCUT2D eigenvalue weighted by Crippen LogP contribution is -2.46. The van der Waals surface area contributed by atoms with E-state index in [0.717, 1.165) is 0 Å². The molecule has 0 aromatic rings. The summed E-state index contributed by atoms with van der Waals surface area (Å²) in [6.45, 7) is 5.07. The highest BCUT2D eigenvalue weighted by atomic mass is 16.6. The average Bonchev–Trinajstić information content (AvgIpc) is 1.99. The highest BCUT2D eigenvalue weighted by molar-refractivity contribution is 5.84. The van der Waals surface area contributed by atoms with Crippen molar-refractivity contribution in [2.24, 2.45) is 5.73 Å². The van der Waals surface area contributed by atoms with Crippen LogP contribution in [0.3, 0.4) is 0 Å². The van der Waals surface area contributed by atoms with Gasteiger partial charge in [-0.05, 0) is 20.8 Å². The molecular formula is C9H15N3O3. The summed E-state index contributed by atoms with van der Waals surface area (Å²) in [5.74, 6) is -0.762. The molecule has 0 saturated heterocycles. The van der Waals surface area contributed by atoms with Gasteiger partial charge in [-0.2, -0.15) is 5.26 Å². The van der Waals surface area contributed by atoms with Crippen LogP contribution in [0.2, 0.25) is 0 Å². The summed E-state index contributed by atoms with van der Waals surface area (Å²) in [5.41, 5.74) is 4.32. The van der Waals surface area contributed by atoms with Crippen molar-refractivity contribution in [2.75, 3.05) is 0 Å². The summed E-state index contributed by atoms with van der Waals surface area (Å²) in [7, 11) is 0. The van der Waals surface area contributed by atoms with Crippen molar-refractivity contribution >= 4 is 12.0 Å². The van der Waals surface area contributed by atoms with Crippen LogP contribution in [0.25, 0.3) is 0 Å². The normalized spacial score (nSPS) is 12.4. The number of ether oxygens (including phenoxy) is 1. The highest BCUT2D eigenvalue weighted by Gasteiger charge is 2.22. The number of nitrogens with one attached hydrogen (secondary N) is 1. The first-order valence-corrected chi connectivity index (χ1v) is 4.42. The Labute approximate surface area is 88.4 Å². The Hall–Kier alpha value is -1.77. The van der Waals surface area contributed by atoms with E-state index in [1.165, 1.54) is 0 Å². The van der Waals surface area contributed by atoms with E-state index >= 15 is 0 Å². The number of alkyl carbamates (subject to hydrolysis) is 1. The molecule has 0 bridgehead atoms. The number of nitrogens with zero attached hydrogens (tertiary/aromatic N) is 1. The van der Waals surface area contributed by atoms with Crippen molar-refractivity contribution in [1.82, 2.24) is 5.32 Å². The molecule has 0 fully saturated rings. The largest absolute Gasteiger partial charge is 0.444 e. The number of carbonyl (C=O) groups is 2. The SMILES string of the molecule is CC(C)(C)OC(=O)N[C@@H](CC#N)C(N)=O. The molecule has 1 atom stereocenters. The summed E-state index contributed by atoms with van der Waals surface area (Å²) >= 11 is 0. The molecule has 0 spiro atoms. The molecule has 0 radical (unpaired) electrons. The highest BCUT2D eigenvalue weighted by Crippen LogP contribution is 2.06. The van der Waals surface area contributed by atoms with E-state index in [4.69, 9.17) is 15.7 Å². The van der Waals surface area contributed by atoms with Gasteiger partial charge in [-0.15, -0.1) is 0 Å². The third-order valence-corrected chi connectivity index (χ3v) is 1.33. The topological polar surface area (TPSA) is 105 Å². The Morgan fingerprint density at radius 2 is 2.07 bits per heavy atom. The van der Waals surface area contributed by atoms with E-state index in [2.05, 4.69) is 5.32 Å². The number of rotatable bonds is 3. The Bertz CT molecular complexity index is 288. The number of nitrogens with two attached hydrogens (primary N) is 1. The van der Waals surface area contributed by atoms with Gasteiger partial charge in [-0.3, -0.25) is 4.79 Å². The Morgan fingerprint density at radius 3 is 2.40 bits per heavy atom. The third kappa shape index (κ3) is 6.32. The maximum atomic E-state index is 11.2. The molecule has 0 aliphatic carbocycles. The maximum Gasteiger partial charge on any atom is 0.408 e. The van der Waals surface area contributed by atoms with Gasteiger partial charge in [0, 0.05) is 0 Å². The third-order valence-electron chi connectivity index (χ3n) is 1.33. The van der Waals surface area contributed by atoms with Crippen molar-refractivity contribution < 1.29 is 14.3 Å². The quantitative estimate of drug-likeness (QED) is 0.702. The lowest BCUT2D eigenvalue weighted by molar-refractivity contribution is -0.119. The second kappa shape index (κ2) is 5.20. The number of nitriles is 1. The molecule has 6 nitrogen and oxygen atoms in total. The molecule has 0 heterocycles. The molecule has 84 valence electrons. The van der Waals surface area contributed by atoms with Crippen LogP contribution in [0, 0.1) is 11.3 Å². The molecule has 3 N–H and O–H groups in total. The van der Waals surface area contributed by atoms with Crippen LogP contribution in [0.4, 0.5) is 4.79 Å². The van der Waals surface area contributed by atoms with Crippen LogP contribution in [-0.4, -0.2) is 23.6 Å². The van der Waals surface area contributed by atoms with Gasteiger partial charge in [0.1, 0.15) is 11.6 Å². The van der Waals surface area contributed by atoms with Crippen molar-refractivity contribution in [3.05, 3.63) is 0 Å². The van der Waals surface area contributed by atoms with Crippen molar-refractivity contribution in [3.8, 4) is 6.07 Å². The van der Waals surface area contributed by atoms with Gasteiger partial charge in [0.2, 0.25) is 5.91 Å². The van der Waals surface area contributed by atoms with Crippen molar-refractivity contribution in [1.29, 1.82) is 5.26 Å². The van der Waals surface area contributed by atoms with Crippen molar-refractivity contribution in [2.45, 2.75) is 38.8 Å². The fourth-order valence-electron chi connectivity index (χ4n) is 0.764. The summed E-state index contributed by atoms with van der Waals surface area (Å²) in [4.78, 5) is 22.0. The Morgan fingerprint density at radius 1 is 1.53 bits per heavy atom. The number of hydrogen-bond donors (Lipinski definition) is 2. The van der Waals surface area contributed by atoms with E-state index in [0.29, 0.717) is 0 Å². The minimum absolute atomic E-state index is 0.172. The standard InChI is InChI=1S/C9H15N3O3/c1-9(2,3)15-8(14)12-6(4-5-10)7(11)13/h6H,4H2,1-3H3,(H2,11,13)(H,12,14)/t6-/m0/s1. The molecule has 15 heavy (non-hydrogen) atoms. The lowest BCUT2D eigenvalue weighted by Gasteiger charge is -2.21. The lowest BCUT2D eigenvalue weighted by atomic mass is 10.2. The van der Waals surface area contributed by atoms with Gasteiger partial charge in [0.15, 0.2) is 0 Å². The van der Waals surface area contributed by atoms with Crippen LogP contribution in [0.5, 0.6) is 0 Å². The fourth-order valence-corrected chi connectivity index (χ4v) is 0.764. The molecule has 0 rings (SSSR count). The molecule has 0 aliphatic rings. The van der Waals surface area contributed by atoms with E-state index in [1.807, 2.05) is 0 Å². The molecule has 2 amide bonds. The first-order valence-electron chi connectivity index (χ1n) is 4.42. The molecule has 6 heteroatoms. The predicted molar refractivity (Wildman–Crippen MR) is 52.6 cm³/mol. The van der Waals surface area contributed by atoms with Gasteiger partial charge < -0.3 is 15.8 Å². The van der Waals surface area contributed by atoms with Gasteiger partial charge >= 0.3 is 6.09 Å². The number of primary amides is 1. The zero-order chi connectivity index (χ0) is 12.1. The van der Waals surface area contributed by atoms with E-state index in [-0.39, 0.29) is 6.42 Å². The minimum Gasteiger partial charge on any atom is -0.444 e. The molecule has 0 unspecified atom stereocenters. The smallest absolute Gasteiger partial charge is 0.408 e. The first kappa shape index (κ1) is 13.2. The van der Waals surface area contributed by atoms with Crippen LogP contribution < -0.4 is 11.1 Å². The predicted octanol–water partition coefficient (Wildman–Crippen LogP) is 0.279. The van der Waals surface area contributed by atoms with E-state index < -0.39 is 23.6 Å². The van der Waals surface area contributed by atoms with Crippen LogP contribution in [0.15, 0.2) is 0 Å². The average molecular weight is 213 g/mol. The zero-order valence-corrected chi connectivity index (χ0v) is 9.03. The van der Waals surface area contributed by atoms with Crippen molar-refractivity contribution in [3.63, 3.8) is 0 Å². The molecule has 0 aromatic heterocycles. The monoisotopic (exact) mass is 213 g/mol. The second-order valence-electron chi connectivity index (χ2n) is 3.96. The number of carbonyl (C=O) groups excluding carboxylic acids is 2. The van der Waals surface area contributed by atoms with Crippen LogP contribution in [0.1, 0.15) is 27.2 Å². The molecule has 0 saturated carbocycles. The molecule has 0 aromatic carbocycles. The van der Waals surface area contributed by atoms with Gasteiger partial charge in [-0.1, -0.05) is 0 Å². The first-order chi connectivity index (χ1) is 6.76. The van der Waals surface area contributed by atoms with Gasteiger partial charge in [0.05, 0.1) is 12.5 Å². The van der Waals surface area contributed by atoms with E-state index in [9.17, 15) is 9.59 Å². The number of hydrogen-bond acceptors (Lipinski definition) is 4. The molecular weight excluding hydrogens is 198 g/mol. The van der Waals surface area contributed by atoms with Gasteiger partial charge in [0.25, 0.3) is 0 Å². The van der Waals surface area contributed by atoms with Gasteiger partial charge in [-0.25, -0.2) is 4.79 Å². The Kier molecular flexibility index (Phi) is 4.58. The Balaban J connectivity index is 4.25. The second-order valence-corrected chi connectivity index (χ2v) is 3.96. The van der Waals surface area contributed by atoms with E-state index in [1.54, 1.807) is 26.8 Å². The maximum absolute atomic E-state index is 11.2. The minimum atomic E-state index is -1.01. The van der Waals surface area contributed by atoms with Crippen LogP contribution in [-0.2, 0) is 9.53 Å². The fraction of sp³-hybridized carbons (Fsp3) is 0.667.